The number of aryl methyl sites for hydroxylation is 1. The topological polar surface area (TPSA) is 189 Å². The number of aromatic nitrogens is 1. The fourth-order valence-corrected chi connectivity index (χ4v) is 11.1. The Morgan fingerprint density at radius 3 is 2.33 bits per heavy atom. The molecule has 6 aromatic rings. The molecule has 3 unspecified atom stereocenters. The van der Waals surface area contributed by atoms with Gasteiger partial charge in [-0.15, -0.1) is 0 Å². The number of hydrogen-bond acceptors (Lipinski definition) is 12. The number of amides is 1. The minimum Gasteiger partial charge on any atom is -0.489 e. The zero-order valence-corrected chi connectivity index (χ0v) is 38.8. The number of carbonyl (C=O) groups excluding carboxylic acids is 1. The molecule has 8 rings (SSSR count). The van der Waals surface area contributed by atoms with Gasteiger partial charge in [-0.05, 0) is 101 Å². The lowest BCUT2D eigenvalue weighted by Crippen LogP contribution is -2.55. The number of thiazole rings is 1. The summed E-state index contributed by atoms with van der Waals surface area (Å²) in [7, 11) is -2.85. The van der Waals surface area contributed by atoms with Crippen molar-refractivity contribution in [1.29, 1.82) is 5.26 Å². The largest absolute Gasteiger partial charge is 0.489 e. The number of methoxy groups -OCH3 is 1. The number of benzene rings is 5. The van der Waals surface area contributed by atoms with Crippen molar-refractivity contribution in [1.82, 2.24) is 14.6 Å². The normalized spacial score (nSPS) is 16.1. The summed E-state index contributed by atoms with van der Waals surface area (Å²) >= 11 is 13.1. The molecule has 66 heavy (non-hydrogen) atoms. The molecule has 14 nitrogen and oxygen atoms in total. The molecule has 3 atom stereocenters. The lowest BCUT2D eigenvalue weighted by molar-refractivity contribution is -0.142. The third-order valence-corrected chi connectivity index (χ3v) is 15.5. The van der Waals surface area contributed by atoms with Crippen molar-refractivity contribution in [3.05, 3.63) is 152 Å². The molecule has 0 spiro atoms. The molecule has 3 N–H and O–H groups in total. The Balaban J connectivity index is 1.02. The molecule has 0 bridgehead atoms. The van der Waals surface area contributed by atoms with E-state index in [-0.39, 0.29) is 35.9 Å². The first kappa shape index (κ1) is 46.3. The summed E-state index contributed by atoms with van der Waals surface area (Å²) in [5.41, 5.74) is 6.09. The lowest BCUT2D eigenvalue weighted by Gasteiger charge is -2.36. The molecule has 18 heteroatoms. The number of aliphatic carboxylic acids is 1. The second-order valence-corrected chi connectivity index (χ2v) is 19.6. The summed E-state index contributed by atoms with van der Waals surface area (Å²) in [4.78, 5) is 31.5. The molecule has 3 heterocycles. The predicted molar refractivity (Wildman–Crippen MR) is 250 cm³/mol. The first-order valence-electron chi connectivity index (χ1n) is 20.8. The maximum absolute atomic E-state index is 14.7. The highest BCUT2D eigenvalue weighted by molar-refractivity contribution is 7.91. The summed E-state index contributed by atoms with van der Waals surface area (Å²) in [6.07, 6.45) is -0.638. The first-order chi connectivity index (χ1) is 31.8. The highest BCUT2D eigenvalue weighted by Gasteiger charge is 2.43. The van der Waals surface area contributed by atoms with Crippen LogP contribution in [0.5, 0.6) is 17.2 Å². The van der Waals surface area contributed by atoms with E-state index in [4.69, 9.17) is 47.4 Å². The Labute approximate surface area is 395 Å². The number of nitrogens with zero attached hydrogens (tertiary/aromatic N) is 3. The van der Waals surface area contributed by atoms with Crippen LogP contribution in [0.25, 0.3) is 11.1 Å². The van der Waals surface area contributed by atoms with Crippen LogP contribution in [-0.4, -0.2) is 73.6 Å². The number of carbonyl (C=O) groups is 2. The zero-order chi connectivity index (χ0) is 46.5. The van der Waals surface area contributed by atoms with Gasteiger partial charge >= 0.3 is 5.97 Å². The first-order valence-corrected chi connectivity index (χ1v) is 23.8. The van der Waals surface area contributed by atoms with Gasteiger partial charge in [0, 0.05) is 26.6 Å². The fraction of sp³-hybridized carbons (Fsp3) is 0.250. The molecule has 0 radical (unpaired) electrons. The molecule has 1 amide bonds. The maximum Gasteiger partial charge on any atom is 0.326 e. The lowest BCUT2D eigenvalue weighted by atomic mass is 9.94. The Morgan fingerprint density at radius 2 is 1.65 bits per heavy atom. The van der Waals surface area contributed by atoms with Gasteiger partial charge in [0.25, 0.3) is 10.0 Å². The number of fused-ring (bicyclic) bond motifs is 2. The number of hydrogen-bond donors (Lipinski definition) is 3. The Morgan fingerprint density at radius 1 is 0.955 bits per heavy atom. The van der Waals surface area contributed by atoms with E-state index in [0.717, 1.165) is 37.9 Å². The monoisotopic (exact) mass is 967 g/mol. The highest BCUT2D eigenvalue weighted by atomic mass is 35.5. The molecule has 1 aromatic heterocycles. The second-order valence-electron chi connectivity index (χ2n) is 15.7. The minimum atomic E-state index is -4.40. The van der Waals surface area contributed by atoms with Gasteiger partial charge in [0.15, 0.2) is 26.9 Å². The highest BCUT2D eigenvalue weighted by Crippen LogP contribution is 2.42. The average molecular weight is 969 g/mol. The van der Waals surface area contributed by atoms with Crippen LogP contribution in [0.3, 0.4) is 0 Å². The van der Waals surface area contributed by atoms with E-state index >= 15 is 0 Å². The minimum absolute atomic E-state index is 0.0530. The van der Waals surface area contributed by atoms with Crippen LogP contribution in [0.15, 0.2) is 107 Å². The third kappa shape index (κ3) is 10.4. The van der Waals surface area contributed by atoms with Gasteiger partial charge in [-0.2, -0.15) is 9.57 Å². The van der Waals surface area contributed by atoms with Crippen molar-refractivity contribution < 1.29 is 42.1 Å². The summed E-state index contributed by atoms with van der Waals surface area (Å²) in [6, 6.07) is 29.9. The Bertz CT molecular complexity index is 2910. The van der Waals surface area contributed by atoms with Crippen molar-refractivity contribution in [2.45, 2.75) is 55.3 Å². The number of rotatable bonds is 16. The summed E-state index contributed by atoms with van der Waals surface area (Å²) < 4.78 is 54.3. The van der Waals surface area contributed by atoms with E-state index in [2.05, 4.69) is 21.7 Å². The molecule has 0 fully saturated rings. The number of carboxylic acid groups (broad SMARTS) is 1. The van der Waals surface area contributed by atoms with E-state index in [9.17, 15) is 23.1 Å². The molecule has 2 aliphatic rings. The maximum atomic E-state index is 14.7. The summed E-state index contributed by atoms with van der Waals surface area (Å²) in [6.45, 7) is 2.60. The quantitative estimate of drug-likeness (QED) is 0.0788. The number of ether oxygens (including phenoxy) is 4. The van der Waals surface area contributed by atoms with Gasteiger partial charge in [-0.1, -0.05) is 89.1 Å². The van der Waals surface area contributed by atoms with Crippen LogP contribution in [0, 0.1) is 18.3 Å². The molecule has 5 aromatic carbocycles. The van der Waals surface area contributed by atoms with Crippen LogP contribution in [0.1, 0.15) is 45.2 Å². The average Bonchev–Trinajstić information content (AvgIpc) is 3.71. The van der Waals surface area contributed by atoms with E-state index in [0.29, 0.717) is 74.4 Å². The van der Waals surface area contributed by atoms with Gasteiger partial charge < -0.3 is 34.7 Å². The van der Waals surface area contributed by atoms with E-state index in [1.54, 1.807) is 62.6 Å². The molecular weight excluding hydrogens is 926 g/mol. The van der Waals surface area contributed by atoms with Gasteiger partial charge in [0.2, 0.25) is 5.91 Å². The van der Waals surface area contributed by atoms with Crippen molar-refractivity contribution >= 4 is 61.6 Å². The number of halogens is 2. The van der Waals surface area contributed by atoms with Crippen LogP contribution < -0.4 is 24.8 Å². The van der Waals surface area contributed by atoms with Gasteiger partial charge in [-0.25, -0.2) is 18.2 Å². The number of nitrogens with one attached hydrogen (secondary N) is 2. The number of carboxylic acids is 1. The van der Waals surface area contributed by atoms with Crippen molar-refractivity contribution in [3.8, 4) is 34.4 Å². The molecule has 0 aliphatic carbocycles. The molecule has 2 aliphatic heterocycles. The summed E-state index contributed by atoms with van der Waals surface area (Å²) in [5, 5.41) is 26.5. The molecule has 0 saturated heterocycles. The Hall–Kier alpha value is -6.19. The van der Waals surface area contributed by atoms with Crippen LogP contribution >= 0.6 is 34.5 Å². The van der Waals surface area contributed by atoms with Crippen LogP contribution in [0.2, 0.25) is 10.0 Å². The Kier molecular flexibility index (Phi) is 14.1. The van der Waals surface area contributed by atoms with Crippen LogP contribution in [0.4, 0.5) is 5.13 Å². The second kappa shape index (κ2) is 20.1. The molecular formula is C48H43Cl2N5O9S2. The van der Waals surface area contributed by atoms with Gasteiger partial charge in [0.1, 0.15) is 31.0 Å². The SMILES string of the molecule is COCCNc1nc(C)c(S(=O)(=O)N2Cc3cc4c(cc3CC2C(=O)NC(Cc2ccc(-c3ccc(C#N)cc3)cc2)C(=O)O)OCC(c2ccc(OCc3ccc(Cl)c(Cl)c3)cc2)O4)s1. The number of nitriles is 1. The zero-order valence-electron chi connectivity index (χ0n) is 35.6. The van der Waals surface area contributed by atoms with Crippen molar-refractivity contribution in [2.24, 2.45) is 0 Å². The standard InChI is InChI=1S/C48H43Cl2N5O9S2/c1-28-47(65-48(53-28)52-17-18-61-2)66(59,60)55-25-36-23-43-42(63-27-44(64-43)34-12-14-37(15-13-34)62-26-31-7-16-38(49)39(50)19-31)22-35(36)21-41(55)45(56)54-40(46(57)58)20-29-3-8-32(9-4-29)33-10-5-30(24-51)6-11-33/h3-16,19,22-23,40-41,44H,17-18,20-21,25-27H2,1-2H3,(H,52,53)(H,54,56)(H,57,58). The van der Waals surface area contributed by atoms with Crippen LogP contribution in [-0.2, 0) is 50.3 Å². The predicted octanol–water partition coefficient (Wildman–Crippen LogP) is 8.37. The smallest absolute Gasteiger partial charge is 0.326 e. The number of sulfonamides is 1. The van der Waals surface area contributed by atoms with Gasteiger partial charge in [0.05, 0.1) is 34.0 Å². The molecule has 340 valence electrons. The van der Waals surface area contributed by atoms with E-state index in [1.165, 1.54) is 0 Å². The molecule has 0 saturated carbocycles. The summed E-state index contributed by atoms with van der Waals surface area (Å²) in [5.74, 6) is -0.588. The van der Waals surface area contributed by atoms with E-state index < -0.39 is 40.1 Å². The van der Waals surface area contributed by atoms with Crippen molar-refractivity contribution in [3.63, 3.8) is 0 Å². The van der Waals surface area contributed by atoms with E-state index in [1.807, 2.05) is 54.6 Å². The van der Waals surface area contributed by atoms with Crippen molar-refractivity contribution in [2.75, 3.05) is 32.2 Å². The third-order valence-electron chi connectivity index (χ3n) is 11.2. The number of anilines is 1. The van der Waals surface area contributed by atoms with Gasteiger partial charge in [-0.3, -0.25) is 4.79 Å². The fourth-order valence-electron chi connectivity index (χ4n) is 7.68.